The van der Waals surface area contributed by atoms with Crippen molar-refractivity contribution in [3.63, 3.8) is 0 Å². The second-order valence-electron chi connectivity index (χ2n) is 5.63. The fourth-order valence-corrected chi connectivity index (χ4v) is 3.53. The molecule has 9 heteroatoms. The van der Waals surface area contributed by atoms with Gasteiger partial charge < -0.3 is 9.84 Å². The van der Waals surface area contributed by atoms with Crippen molar-refractivity contribution in [2.75, 3.05) is 12.4 Å². The molecule has 7 nitrogen and oxygen atoms in total. The summed E-state index contributed by atoms with van der Waals surface area (Å²) in [5.41, 5.74) is 1.43. The molecule has 3 aromatic rings. The largest absolute Gasteiger partial charge is 0.360 e. The van der Waals surface area contributed by atoms with E-state index in [2.05, 4.69) is 15.2 Å². The van der Waals surface area contributed by atoms with Crippen LogP contribution in [-0.2, 0) is 10.0 Å². The molecule has 3 rings (SSSR count). The van der Waals surface area contributed by atoms with Crippen LogP contribution in [0.4, 0.5) is 5.69 Å². The Morgan fingerprint density at radius 2 is 1.89 bits per heavy atom. The lowest BCUT2D eigenvalue weighted by molar-refractivity contribution is 0.102. The first-order valence-corrected chi connectivity index (χ1v) is 9.75. The van der Waals surface area contributed by atoms with Gasteiger partial charge in [0.15, 0.2) is 0 Å². The number of aryl methyl sites for hydroxylation is 1. The third-order valence-electron chi connectivity index (χ3n) is 3.89. The summed E-state index contributed by atoms with van der Waals surface area (Å²) in [5, 5.41) is 7.06. The zero-order valence-electron chi connectivity index (χ0n) is 14.5. The highest BCUT2D eigenvalue weighted by atomic mass is 35.5. The van der Waals surface area contributed by atoms with Crippen molar-refractivity contribution in [3.05, 3.63) is 64.9 Å². The number of sulfonamides is 1. The normalized spacial score (nSPS) is 11.4. The molecule has 0 atom stereocenters. The number of halogens is 1. The molecule has 0 bridgehead atoms. The van der Waals surface area contributed by atoms with Crippen LogP contribution in [0.1, 0.15) is 16.1 Å². The van der Waals surface area contributed by atoms with E-state index in [9.17, 15) is 13.2 Å². The number of rotatable bonds is 5. The van der Waals surface area contributed by atoms with E-state index in [1.165, 1.54) is 25.2 Å². The summed E-state index contributed by atoms with van der Waals surface area (Å²) >= 11 is 6.20. The third-order valence-corrected chi connectivity index (χ3v) is 5.63. The second kappa shape index (κ2) is 7.51. The quantitative estimate of drug-likeness (QED) is 0.676. The first kappa shape index (κ1) is 19.1. The minimum atomic E-state index is -3.62. The predicted octanol–water partition coefficient (Wildman–Crippen LogP) is 3.46. The van der Waals surface area contributed by atoms with E-state index in [4.69, 9.17) is 16.1 Å². The molecule has 0 saturated carbocycles. The highest BCUT2D eigenvalue weighted by Gasteiger charge is 2.23. The van der Waals surface area contributed by atoms with Crippen LogP contribution in [0.25, 0.3) is 11.3 Å². The van der Waals surface area contributed by atoms with Crippen LogP contribution in [0, 0.1) is 6.92 Å². The van der Waals surface area contributed by atoms with Gasteiger partial charge in [-0.25, -0.2) is 13.1 Å². The summed E-state index contributed by atoms with van der Waals surface area (Å²) in [6, 6.07) is 12.9. The van der Waals surface area contributed by atoms with E-state index in [0.717, 1.165) is 0 Å². The van der Waals surface area contributed by atoms with Gasteiger partial charge in [-0.3, -0.25) is 4.79 Å². The lowest BCUT2D eigenvalue weighted by Gasteiger charge is -2.08. The zero-order valence-corrected chi connectivity index (χ0v) is 16.1. The first-order valence-electron chi connectivity index (χ1n) is 7.89. The molecule has 1 amide bonds. The minimum Gasteiger partial charge on any atom is -0.360 e. The van der Waals surface area contributed by atoms with Crippen molar-refractivity contribution in [2.24, 2.45) is 0 Å². The summed E-state index contributed by atoms with van der Waals surface area (Å²) in [6.07, 6.45) is 0. The minimum absolute atomic E-state index is 0.0381. The Labute approximate surface area is 161 Å². The second-order valence-corrected chi connectivity index (χ2v) is 7.93. The number of aromatic nitrogens is 1. The van der Waals surface area contributed by atoms with E-state index in [1.54, 1.807) is 37.3 Å². The smallest absolute Gasteiger partial charge is 0.261 e. The molecule has 0 radical (unpaired) electrons. The van der Waals surface area contributed by atoms with E-state index in [0.29, 0.717) is 27.7 Å². The summed E-state index contributed by atoms with van der Waals surface area (Å²) in [5.74, 6) is -0.163. The number of anilines is 1. The van der Waals surface area contributed by atoms with E-state index >= 15 is 0 Å². The maximum Gasteiger partial charge on any atom is 0.261 e. The van der Waals surface area contributed by atoms with Gasteiger partial charge in [0.1, 0.15) is 17.0 Å². The van der Waals surface area contributed by atoms with Gasteiger partial charge in [0.2, 0.25) is 10.0 Å². The summed E-state index contributed by atoms with van der Waals surface area (Å²) in [4.78, 5) is 12.9. The summed E-state index contributed by atoms with van der Waals surface area (Å²) in [6.45, 7) is 1.62. The van der Waals surface area contributed by atoms with Crippen LogP contribution in [0.2, 0.25) is 5.02 Å². The third kappa shape index (κ3) is 3.87. The number of carbonyl (C=O) groups is 1. The van der Waals surface area contributed by atoms with Crippen LogP contribution in [0.3, 0.4) is 0 Å². The van der Waals surface area contributed by atoms with Gasteiger partial charge in [0, 0.05) is 11.3 Å². The topological polar surface area (TPSA) is 101 Å². The fraction of sp³-hybridized carbons (Fsp3) is 0.111. The summed E-state index contributed by atoms with van der Waals surface area (Å²) in [7, 11) is -2.31. The van der Waals surface area contributed by atoms with Crippen LogP contribution in [0.5, 0.6) is 0 Å². The van der Waals surface area contributed by atoms with Crippen molar-refractivity contribution in [1.82, 2.24) is 9.88 Å². The van der Waals surface area contributed by atoms with Crippen molar-refractivity contribution < 1.29 is 17.7 Å². The monoisotopic (exact) mass is 405 g/mol. The number of carbonyl (C=O) groups excluding carboxylic acids is 1. The Morgan fingerprint density at radius 3 is 2.59 bits per heavy atom. The molecule has 1 aromatic heterocycles. The Hall–Kier alpha value is -2.68. The molecule has 2 N–H and O–H groups in total. The number of hydrogen-bond acceptors (Lipinski definition) is 5. The molecule has 0 saturated heterocycles. The van der Waals surface area contributed by atoms with Crippen LogP contribution < -0.4 is 10.0 Å². The number of amides is 1. The molecule has 27 heavy (non-hydrogen) atoms. The van der Waals surface area contributed by atoms with Gasteiger partial charge in [0.05, 0.1) is 9.92 Å². The van der Waals surface area contributed by atoms with E-state index in [-0.39, 0.29) is 10.5 Å². The molecule has 0 aliphatic carbocycles. The number of nitrogens with one attached hydrogen (secondary N) is 2. The van der Waals surface area contributed by atoms with E-state index in [1.807, 2.05) is 0 Å². The van der Waals surface area contributed by atoms with Gasteiger partial charge in [-0.2, -0.15) is 0 Å². The standard InChI is InChI=1S/C18H16ClN3O4S/c1-11-16(17(22-26-11)14-8-3-4-9-15(14)19)18(23)21-12-6-5-7-13(10-12)27(24,25)20-2/h3-10,20H,1-2H3,(H,21,23). The maximum absolute atomic E-state index is 12.8. The number of benzene rings is 2. The molecular weight excluding hydrogens is 390 g/mol. The first-order chi connectivity index (χ1) is 12.8. The Balaban J connectivity index is 1.96. The Morgan fingerprint density at radius 1 is 1.15 bits per heavy atom. The van der Waals surface area contributed by atoms with Gasteiger partial charge in [-0.15, -0.1) is 0 Å². The van der Waals surface area contributed by atoms with Gasteiger partial charge in [-0.05, 0) is 38.2 Å². The fourth-order valence-electron chi connectivity index (χ4n) is 2.53. The highest BCUT2D eigenvalue weighted by Crippen LogP contribution is 2.31. The average molecular weight is 406 g/mol. The van der Waals surface area contributed by atoms with Crippen molar-refractivity contribution in [1.29, 1.82) is 0 Å². The lowest BCUT2D eigenvalue weighted by Crippen LogP contribution is -2.19. The molecule has 0 fully saturated rings. The predicted molar refractivity (Wildman–Crippen MR) is 102 cm³/mol. The zero-order chi connectivity index (χ0) is 19.6. The van der Waals surface area contributed by atoms with Crippen molar-refractivity contribution >= 4 is 33.2 Å². The van der Waals surface area contributed by atoms with Gasteiger partial charge in [0.25, 0.3) is 5.91 Å². The van der Waals surface area contributed by atoms with Gasteiger partial charge in [-0.1, -0.05) is 41.0 Å². The number of hydrogen-bond donors (Lipinski definition) is 2. The van der Waals surface area contributed by atoms with Crippen LogP contribution in [-0.4, -0.2) is 26.5 Å². The molecule has 2 aromatic carbocycles. The molecule has 0 unspecified atom stereocenters. The molecule has 0 aliphatic rings. The van der Waals surface area contributed by atoms with Crippen molar-refractivity contribution in [3.8, 4) is 11.3 Å². The van der Waals surface area contributed by atoms with Gasteiger partial charge >= 0.3 is 0 Å². The lowest BCUT2D eigenvalue weighted by atomic mass is 10.1. The summed E-state index contributed by atoms with van der Waals surface area (Å²) < 4.78 is 31.3. The number of nitrogens with zero attached hydrogens (tertiary/aromatic N) is 1. The molecule has 0 aliphatic heterocycles. The Kier molecular flexibility index (Phi) is 5.31. The Bertz CT molecular complexity index is 1110. The SMILES string of the molecule is CNS(=O)(=O)c1cccc(NC(=O)c2c(-c3ccccc3Cl)noc2C)c1. The van der Waals surface area contributed by atoms with Crippen LogP contribution >= 0.6 is 11.6 Å². The molecule has 1 heterocycles. The van der Waals surface area contributed by atoms with Crippen molar-refractivity contribution in [2.45, 2.75) is 11.8 Å². The molecule has 0 spiro atoms. The molecular formula is C18H16ClN3O4S. The molecule has 140 valence electrons. The van der Waals surface area contributed by atoms with Crippen LogP contribution in [0.15, 0.2) is 57.9 Å². The van der Waals surface area contributed by atoms with E-state index < -0.39 is 15.9 Å². The average Bonchev–Trinajstić information content (AvgIpc) is 3.03. The maximum atomic E-state index is 12.8. The highest BCUT2D eigenvalue weighted by molar-refractivity contribution is 7.89.